The van der Waals surface area contributed by atoms with Gasteiger partial charge in [0.1, 0.15) is 5.75 Å². The second kappa shape index (κ2) is 18.3. The van der Waals surface area contributed by atoms with Gasteiger partial charge in [0.15, 0.2) is 11.5 Å². The minimum Gasteiger partial charge on any atom is -0.504 e. The molecule has 4 rings (SSSR count). The van der Waals surface area contributed by atoms with Crippen LogP contribution in [0.5, 0.6) is 17.2 Å². The zero-order valence-corrected chi connectivity index (χ0v) is 32.0. The number of rotatable bonds is 12. The zero-order chi connectivity index (χ0) is 35.7. The smallest absolute Gasteiger partial charge is 0.163 e. The highest BCUT2D eigenvalue weighted by molar-refractivity contribution is 5.58. The molecule has 0 heterocycles. The molecule has 2 unspecified atom stereocenters. The van der Waals surface area contributed by atoms with Crippen molar-refractivity contribution < 1.29 is 24.8 Å². The average Bonchev–Trinajstić information content (AvgIpc) is 3.03. The molecule has 0 saturated heterocycles. The number of aliphatic hydroxyl groups excluding tert-OH is 2. The summed E-state index contributed by atoms with van der Waals surface area (Å²) in [7, 11) is 3.39. The maximum absolute atomic E-state index is 10.7. The van der Waals surface area contributed by atoms with Crippen LogP contribution in [0.3, 0.4) is 0 Å². The summed E-state index contributed by atoms with van der Waals surface area (Å²) in [5, 5.41) is 30.7. The molecule has 268 valence electrons. The predicted octanol–water partition coefficient (Wildman–Crippen LogP) is 10.7. The third kappa shape index (κ3) is 9.27. The first-order valence-electron chi connectivity index (χ1n) is 18.4. The van der Waals surface area contributed by atoms with Gasteiger partial charge in [0.05, 0.1) is 14.2 Å². The molecule has 2 aliphatic carbocycles. The lowest BCUT2D eigenvalue weighted by Gasteiger charge is -2.36. The van der Waals surface area contributed by atoms with Gasteiger partial charge >= 0.3 is 0 Å². The van der Waals surface area contributed by atoms with Crippen LogP contribution in [0.1, 0.15) is 156 Å². The Hall–Kier alpha value is -2.76. The van der Waals surface area contributed by atoms with Crippen LogP contribution in [0.2, 0.25) is 0 Å². The van der Waals surface area contributed by atoms with Crippen molar-refractivity contribution in [2.24, 2.45) is 11.8 Å². The van der Waals surface area contributed by atoms with Gasteiger partial charge in [-0.2, -0.15) is 0 Å². The van der Waals surface area contributed by atoms with Crippen molar-refractivity contribution in [1.82, 2.24) is 0 Å². The SMILES string of the molecule is COc1c(C)c(C)cc2c1[C@H](C)CCC2[C@@H](CO)CCC=C(C)C.COc1c(C)cc2c(c1O)[C@H](C)CCC2[C@@H](CO)CCC=C(C)C. The highest BCUT2D eigenvalue weighted by atomic mass is 16.5. The first-order chi connectivity index (χ1) is 22.8. The molecule has 48 heavy (non-hydrogen) atoms. The molecule has 0 fully saturated rings. The predicted molar refractivity (Wildman–Crippen MR) is 201 cm³/mol. The quantitative estimate of drug-likeness (QED) is 0.197. The molecule has 5 heteroatoms. The van der Waals surface area contributed by atoms with Gasteiger partial charge in [-0.3, -0.25) is 0 Å². The number of ether oxygens (including phenoxy) is 2. The molecule has 6 atom stereocenters. The van der Waals surface area contributed by atoms with Crippen molar-refractivity contribution in [2.75, 3.05) is 27.4 Å². The number of aliphatic hydroxyl groups is 2. The summed E-state index contributed by atoms with van der Waals surface area (Å²) in [4.78, 5) is 0. The molecule has 0 aliphatic heterocycles. The van der Waals surface area contributed by atoms with Crippen molar-refractivity contribution in [1.29, 1.82) is 0 Å². The molecule has 0 radical (unpaired) electrons. The van der Waals surface area contributed by atoms with E-state index < -0.39 is 0 Å². The third-order valence-electron chi connectivity index (χ3n) is 11.2. The fourth-order valence-electron chi connectivity index (χ4n) is 8.36. The number of hydrogen-bond donors (Lipinski definition) is 3. The van der Waals surface area contributed by atoms with E-state index in [1.165, 1.54) is 51.8 Å². The van der Waals surface area contributed by atoms with E-state index in [0.717, 1.165) is 55.4 Å². The van der Waals surface area contributed by atoms with Gasteiger partial charge in [-0.05, 0) is 163 Å². The summed E-state index contributed by atoms with van der Waals surface area (Å²) >= 11 is 0. The first-order valence-corrected chi connectivity index (χ1v) is 18.4. The van der Waals surface area contributed by atoms with Crippen LogP contribution in [0.25, 0.3) is 0 Å². The van der Waals surface area contributed by atoms with E-state index in [1.54, 1.807) is 14.2 Å². The average molecular weight is 663 g/mol. The number of aromatic hydroxyl groups is 1. The normalized spacial score (nSPS) is 21.1. The number of phenolic OH excluding ortho intramolecular Hbond substituents is 1. The van der Waals surface area contributed by atoms with Crippen LogP contribution in [0.15, 0.2) is 35.4 Å². The summed E-state index contributed by atoms with van der Waals surface area (Å²) < 4.78 is 11.2. The standard InChI is InChI=1S/C22H34O2.C21H32O3/c1-14(2)8-7-9-18(13-23)19-11-10-15(3)21-20(19)12-16(4)17(5)22(21)24-6;1-13(2)7-6-8-16(12-22)17-10-9-14(3)19-18(17)11-15(4)21(24-5)20(19)23/h8,12,15,18-19,23H,7,9-11,13H2,1-6H3;7,11,14,16-17,22-23H,6,8-10,12H2,1-5H3/t15-,18-,19?;14-,16-,17?/m11/s1. The molecule has 0 saturated carbocycles. The number of benzene rings is 2. The zero-order valence-electron chi connectivity index (χ0n) is 32.0. The van der Waals surface area contributed by atoms with E-state index >= 15 is 0 Å². The third-order valence-corrected chi connectivity index (χ3v) is 11.2. The highest BCUT2D eigenvalue weighted by Gasteiger charge is 2.35. The summed E-state index contributed by atoms with van der Waals surface area (Å²) in [6, 6.07) is 4.52. The van der Waals surface area contributed by atoms with Crippen LogP contribution in [0, 0.1) is 32.6 Å². The Balaban J connectivity index is 0.000000260. The maximum Gasteiger partial charge on any atom is 0.163 e. The van der Waals surface area contributed by atoms with Crippen LogP contribution in [-0.4, -0.2) is 42.8 Å². The van der Waals surface area contributed by atoms with Crippen molar-refractivity contribution in [2.45, 2.75) is 137 Å². The molecular weight excluding hydrogens is 596 g/mol. The Morgan fingerprint density at radius 3 is 1.58 bits per heavy atom. The Morgan fingerprint density at radius 1 is 0.708 bits per heavy atom. The van der Waals surface area contributed by atoms with E-state index in [-0.39, 0.29) is 19.1 Å². The van der Waals surface area contributed by atoms with E-state index in [0.29, 0.717) is 41.1 Å². The molecule has 3 N–H and O–H groups in total. The number of hydrogen-bond acceptors (Lipinski definition) is 5. The summed E-state index contributed by atoms with van der Waals surface area (Å²) in [5.41, 5.74) is 11.2. The number of allylic oxidation sites excluding steroid dienone is 4. The van der Waals surface area contributed by atoms with E-state index in [1.807, 2.05) is 6.92 Å². The van der Waals surface area contributed by atoms with Crippen molar-refractivity contribution in [3.63, 3.8) is 0 Å². The summed E-state index contributed by atoms with van der Waals surface area (Å²) in [6.45, 7) is 19.7. The van der Waals surface area contributed by atoms with Gasteiger partial charge in [-0.25, -0.2) is 0 Å². The van der Waals surface area contributed by atoms with Crippen molar-refractivity contribution in [3.8, 4) is 17.2 Å². The van der Waals surface area contributed by atoms with Crippen molar-refractivity contribution in [3.05, 3.63) is 74.4 Å². The molecule has 0 amide bonds. The van der Waals surface area contributed by atoms with Gasteiger partial charge in [0.25, 0.3) is 0 Å². The molecule has 2 aliphatic rings. The molecule has 2 aromatic carbocycles. The fourth-order valence-corrected chi connectivity index (χ4v) is 8.36. The Morgan fingerprint density at radius 2 is 1.15 bits per heavy atom. The summed E-state index contributed by atoms with van der Waals surface area (Å²) in [5.74, 6) is 4.13. The molecule has 0 bridgehead atoms. The van der Waals surface area contributed by atoms with Gasteiger partial charge in [-0.15, -0.1) is 0 Å². The second-order valence-corrected chi connectivity index (χ2v) is 15.2. The lowest BCUT2D eigenvalue weighted by atomic mass is 9.70. The number of phenols is 1. The Labute approximate surface area is 292 Å². The largest absolute Gasteiger partial charge is 0.504 e. The second-order valence-electron chi connectivity index (χ2n) is 15.2. The fraction of sp³-hybridized carbons (Fsp3) is 0.628. The van der Waals surface area contributed by atoms with Crippen molar-refractivity contribution >= 4 is 0 Å². The van der Waals surface area contributed by atoms with Gasteiger partial charge < -0.3 is 24.8 Å². The number of methoxy groups -OCH3 is 2. The number of fused-ring (bicyclic) bond motifs is 2. The monoisotopic (exact) mass is 662 g/mol. The lowest BCUT2D eigenvalue weighted by Crippen LogP contribution is -2.24. The molecule has 0 aromatic heterocycles. The van der Waals surface area contributed by atoms with Crippen LogP contribution >= 0.6 is 0 Å². The maximum atomic E-state index is 10.7. The van der Waals surface area contributed by atoms with Crippen LogP contribution in [0.4, 0.5) is 0 Å². The van der Waals surface area contributed by atoms with Gasteiger partial charge in [0.2, 0.25) is 0 Å². The summed E-state index contributed by atoms with van der Waals surface area (Å²) in [6.07, 6.45) is 13.1. The van der Waals surface area contributed by atoms with Crippen LogP contribution < -0.4 is 9.47 Å². The van der Waals surface area contributed by atoms with Gasteiger partial charge in [0, 0.05) is 24.3 Å². The Bertz CT molecular complexity index is 1410. The topological polar surface area (TPSA) is 79.2 Å². The van der Waals surface area contributed by atoms with E-state index in [9.17, 15) is 15.3 Å². The molecule has 5 nitrogen and oxygen atoms in total. The molecular formula is C43H66O5. The number of aryl methyl sites for hydroxylation is 2. The van der Waals surface area contributed by atoms with E-state index in [2.05, 4.69) is 79.7 Å². The Kier molecular flexibility index (Phi) is 15.1. The molecule has 2 aromatic rings. The minimum atomic E-state index is 0.195. The minimum absolute atomic E-state index is 0.195. The van der Waals surface area contributed by atoms with Crippen LogP contribution in [-0.2, 0) is 0 Å². The highest BCUT2D eigenvalue weighted by Crippen LogP contribution is 2.51. The lowest BCUT2D eigenvalue weighted by molar-refractivity contribution is 0.185. The first kappa shape index (κ1) is 39.7. The molecule has 0 spiro atoms. The van der Waals surface area contributed by atoms with Gasteiger partial charge in [-0.1, -0.05) is 49.3 Å². The van der Waals surface area contributed by atoms with E-state index in [4.69, 9.17) is 9.47 Å².